The molecule has 0 radical (unpaired) electrons. The van der Waals surface area contributed by atoms with Crippen molar-refractivity contribution in [1.29, 1.82) is 0 Å². The maximum Gasteiger partial charge on any atom is 0.416 e. The topological polar surface area (TPSA) is 115 Å². The number of rotatable bonds is 6. The lowest BCUT2D eigenvalue weighted by molar-refractivity contribution is -0.137. The Morgan fingerprint density at radius 2 is 1.71 bits per heavy atom. The molecule has 5 aromatic rings. The number of hydrogen-bond donors (Lipinski definition) is 2. The number of nitrogens with zero attached hydrogens (tertiary/aromatic N) is 6. The number of benzene rings is 3. The fraction of sp³-hybridized carbons (Fsp3) is 0.276. The number of carbonyl (C=O) groups excluding carboxylic acids is 1. The second kappa shape index (κ2) is 10.8. The molecule has 42 heavy (non-hydrogen) atoms. The van der Waals surface area contributed by atoms with E-state index in [1.807, 2.05) is 24.3 Å². The summed E-state index contributed by atoms with van der Waals surface area (Å²) in [6.45, 7) is 6.51. The lowest BCUT2D eigenvalue weighted by atomic mass is 9.87. The highest BCUT2D eigenvalue weighted by atomic mass is 19.4. The van der Waals surface area contributed by atoms with E-state index in [2.05, 4.69) is 46.7 Å². The van der Waals surface area contributed by atoms with Crippen molar-refractivity contribution in [1.82, 2.24) is 29.8 Å². The van der Waals surface area contributed by atoms with Crippen molar-refractivity contribution in [3.8, 4) is 5.75 Å². The van der Waals surface area contributed by atoms with Gasteiger partial charge in [-0.2, -0.15) is 18.4 Å². The van der Waals surface area contributed by atoms with Gasteiger partial charge in [-0.1, -0.05) is 50.1 Å². The van der Waals surface area contributed by atoms with Gasteiger partial charge in [0.2, 0.25) is 5.62 Å². The molecule has 0 bridgehead atoms. The number of halogens is 3. The van der Waals surface area contributed by atoms with Crippen LogP contribution in [0.5, 0.6) is 5.75 Å². The number of anilines is 1. The van der Waals surface area contributed by atoms with Gasteiger partial charge in [0, 0.05) is 12.6 Å². The van der Waals surface area contributed by atoms with E-state index in [0.717, 1.165) is 23.3 Å². The minimum absolute atomic E-state index is 0.0339. The third-order valence-corrected chi connectivity index (χ3v) is 6.86. The van der Waals surface area contributed by atoms with E-state index >= 15 is 0 Å². The zero-order chi connectivity index (χ0) is 30.2. The molecule has 1 amide bonds. The molecule has 0 aliphatic rings. The van der Waals surface area contributed by atoms with Crippen LogP contribution in [0, 0.1) is 0 Å². The molecule has 0 unspecified atom stereocenters. The second-order valence-corrected chi connectivity index (χ2v) is 10.8. The molecule has 3 aromatic carbocycles. The molecule has 2 aromatic heterocycles. The van der Waals surface area contributed by atoms with E-state index in [1.165, 1.54) is 7.11 Å². The SMILES string of the molecule is COc1cc(C(F)(F)F)cc2c1n(C)c(=Nc1ccc(C(C)(C)C)cc1)n2Cc1ccc(C(=O)Nc2nn[nH]n2)cc1. The number of methoxy groups -OCH3 is 1. The fourth-order valence-corrected chi connectivity index (χ4v) is 4.62. The van der Waals surface area contributed by atoms with Crippen LogP contribution in [-0.2, 0) is 25.2 Å². The first-order valence-corrected chi connectivity index (χ1v) is 13.0. The van der Waals surface area contributed by atoms with Crippen LogP contribution in [-0.4, -0.2) is 42.8 Å². The molecular weight excluding hydrogens is 549 g/mol. The van der Waals surface area contributed by atoms with Crippen LogP contribution >= 0.6 is 0 Å². The first-order chi connectivity index (χ1) is 19.8. The number of nitrogens with one attached hydrogen (secondary N) is 2. The van der Waals surface area contributed by atoms with Crippen LogP contribution in [0.4, 0.5) is 24.8 Å². The molecular formula is C29H29F3N8O2. The predicted octanol–water partition coefficient (Wildman–Crippen LogP) is 5.35. The summed E-state index contributed by atoms with van der Waals surface area (Å²) in [4.78, 5) is 17.4. The van der Waals surface area contributed by atoms with Crippen molar-refractivity contribution < 1.29 is 22.7 Å². The van der Waals surface area contributed by atoms with Gasteiger partial charge in [-0.15, -0.1) is 5.10 Å². The molecule has 10 nitrogen and oxygen atoms in total. The zero-order valence-electron chi connectivity index (χ0n) is 23.6. The molecule has 0 spiro atoms. The molecule has 0 aliphatic carbocycles. The van der Waals surface area contributed by atoms with E-state index in [4.69, 9.17) is 9.73 Å². The first-order valence-electron chi connectivity index (χ1n) is 13.0. The van der Waals surface area contributed by atoms with Crippen molar-refractivity contribution in [3.05, 3.63) is 88.5 Å². The number of carbonyl (C=O) groups is 1. The maximum absolute atomic E-state index is 13.9. The maximum atomic E-state index is 13.9. The lowest BCUT2D eigenvalue weighted by Crippen LogP contribution is -2.24. The number of fused-ring (bicyclic) bond motifs is 1. The number of aryl methyl sites for hydroxylation is 1. The quantitative estimate of drug-likeness (QED) is 0.282. The highest BCUT2D eigenvalue weighted by Crippen LogP contribution is 2.36. The first kappa shape index (κ1) is 28.6. The summed E-state index contributed by atoms with van der Waals surface area (Å²) in [7, 11) is 3.08. The molecule has 2 N–H and O–H groups in total. The minimum Gasteiger partial charge on any atom is -0.494 e. The average Bonchev–Trinajstić information content (AvgIpc) is 3.54. The molecule has 0 aliphatic heterocycles. The summed E-state index contributed by atoms with van der Waals surface area (Å²) < 4.78 is 50.5. The number of H-pyrrole nitrogens is 1. The fourth-order valence-electron chi connectivity index (χ4n) is 4.62. The van der Waals surface area contributed by atoms with Crippen molar-refractivity contribution in [2.75, 3.05) is 12.4 Å². The molecule has 2 heterocycles. The molecule has 218 valence electrons. The summed E-state index contributed by atoms with van der Waals surface area (Å²) in [6.07, 6.45) is -4.58. The van der Waals surface area contributed by atoms with Crippen LogP contribution in [0.1, 0.15) is 47.8 Å². The van der Waals surface area contributed by atoms with E-state index in [-0.39, 0.29) is 23.7 Å². The van der Waals surface area contributed by atoms with Gasteiger partial charge in [0.25, 0.3) is 11.9 Å². The summed E-state index contributed by atoms with van der Waals surface area (Å²) in [5.41, 5.74) is 3.16. The number of imidazole rings is 1. The number of tetrazole rings is 1. The van der Waals surface area contributed by atoms with Crippen molar-refractivity contribution >= 4 is 28.6 Å². The molecule has 0 saturated carbocycles. The Balaban J connectivity index is 1.62. The largest absolute Gasteiger partial charge is 0.494 e. The van der Waals surface area contributed by atoms with E-state index in [1.54, 1.807) is 40.4 Å². The smallest absolute Gasteiger partial charge is 0.416 e. The van der Waals surface area contributed by atoms with Gasteiger partial charge in [-0.3, -0.25) is 10.1 Å². The number of aromatic nitrogens is 6. The number of ether oxygens (including phenoxy) is 1. The van der Waals surface area contributed by atoms with Crippen LogP contribution in [0.25, 0.3) is 11.0 Å². The van der Waals surface area contributed by atoms with Gasteiger partial charge in [-0.05, 0) is 58.2 Å². The van der Waals surface area contributed by atoms with Crippen molar-refractivity contribution in [3.63, 3.8) is 0 Å². The van der Waals surface area contributed by atoms with Gasteiger partial charge in [-0.25, -0.2) is 4.99 Å². The predicted molar refractivity (Wildman–Crippen MR) is 151 cm³/mol. The number of alkyl halides is 3. The Morgan fingerprint density at radius 3 is 2.29 bits per heavy atom. The Hall–Kier alpha value is -4.94. The summed E-state index contributed by atoms with van der Waals surface area (Å²) in [5.74, 6) is -0.324. The number of hydrogen-bond acceptors (Lipinski definition) is 6. The Bertz CT molecular complexity index is 1800. The van der Waals surface area contributed by atoms with Crippen LogP contribution < -0.4 is 15.7 Å². The molecule has 0 atom stereocenters. The van der Waals surface area contributed by atoms with E-state index in [0.29, 0.717) is 27.9 Å². The summed E-state index contributed by atoms with van der Waals surface area (Å²) in [5, 5.41) is 15.6. The standard InChI is InChI=1S/C29H29F3N8O2/c1-28(2,3)19-10-12-21(13-11-19)33-27-39(4)24-22(14-20(29(30,31)32)15-23(24)42-5)40(27)16-17-6-8-18(9-7-17)25(41)34-26-35-37-38-36-26/h6-15H,16H2,1-5H3,(H2,34,35,36,37,38,41). The Labute approximate surface area is 238 Å². The van der Waals surface area contributed by atoms with Crippen LogP contribution in [0.15, 0.2) is 65.7 Å². The van der Waals surface area contributed by atoms with Gasteiger partial charge >= 0.3 is 6.18 Å². The normalized spacial score (nSPS) is 12.6. The highest BCUT2D eigenvalue weighted by molar-refractivity contribution is 6.03. The van der Waals surface area contributed by atoms with E-state index in [9.17, 15) is 18.0 Å². The van der Waals surface area contributed by atoms with E-state index < -0.39 is 17.6 Å². The molecule has 0 saturated heterocycles. The second-order valence-electron chi connectivity index (χ2n) is 10.8. The van der Waals surface area contributed by atoms with Crippen molar-refractivity contribution in [2.45, 2.75) is 38.9 Å². The Kier molecular flexibility index (Phi) is 7.35. The highest BCUT2D eigenvalue weighted by Gasteiger charge is 2.33. The molecule has 0 fully saturated rings. The third-order valence-electron chi connectivity index (χ3n) is 6.86. The van der Waals surface area contributed by atoms with Gasteiger partial charge < -0.3 is 13.9 Å². The number of amides is 1. The van der Waals surface area contributed by atoms with Crippen molar-refractivity contribution in [2.24, 2.45) is 12.0 Å². The molecule has 13 heteroatoms. The Morgan fingerprint density at radius 1 is 1.02 bits per heavy atom. The zero-order valence-corrected chi connectivity index (χ0v) is 23.6. The average molecular weight is 579 g/mol. The number of aromatic amines is 1. The lowest BCUT2D eigenvalue weighted by Gasteiger charge is -2.18. The molecule has 5 rings (SSSR count). The van der Waals surface area contributed by atoms with Gasteiger partial charge in [0.1, 0.15) is 11.3 Å². The third kappa shape index (κ3) is 5.76. The summed E-state index contributed by atoms with van der Waals surface area (Å²) in [6, 6.07) is 16.5. The minimum atomic E-state index is -4.58. The monoisotopic (exact) mass is 578 g/mol. The van der Waals surface area contributed by atoms with Gasteiger partial charge in [0.05, 0.1) is 30.4 Å². The summed E-state index contributed by atoms with van der Waals surface area (Å²) >= 11 is 0. The van der Waals surface area contributed by atoms with Crippen LogP contribution in [0.3, 0.4) is 0 Å². The van der Waals surface area contributed by atoms with Gasteiger partial charge in [0.15, 0.2) is 0 Å². The van der Waals surface area contributed by atoms with Crippen LogP contribution in [0.2, 0.25) is 0 Å².